The number of thioether (sulfide) groups is 1. The highest BCUT2D eigenvalue weighted by atomic mass is 35.5. The summed E-state index contributed by atoms with van der Waals surface area (Å²) in [7, 11) is 0. The van der Waals surface area contributed by atoms with E-state index in [1.165, 1.54) is 11.8 Å². The van der Waals surface area contributed by atoms with Crippen molar-refractivity contribution >= 4 is 46.6 Å². The molecule has 26 heavy (non-hydrogen) atoms. The molecule has 0 bridgehead atoms. The van der Waals surface area contributed by atoms with Gasteiger partial charge in [-0.3, -0.25) is 9.59 Å². The molecule has 0 fully saturated rings. The van der Waals surface area contributed by atoms with Crippen molar-refractivity contribution in [2.75, 3.05) is 16.4 Å². The normalized spacial score (nSPS) is 11.1. The first-order valence-corrected chi connectivity index (χ1v) is 9.66. The van der Waals surface area contributed by atoms with Crippen LogP contribution in [0.4, 0.5) is 11.4 Å². The number of hydrogen-bond acceptors (Lipinski definition) is 3. The zero-order valence-electron chi connectivity index (χ0n) is 15.1. The molecule has 0 spiro atoms. The molecule has 2 amide bonds. The van der Waals surface area contributed by atoms with Crippen LogP contribution in [0.2, 0.25) is 5.02 Å². The summed E-state index contributed by atoms with van der Waals surface area (Å²) in [4.78, 5) is 25.0. The predicted molar refractivity (Wildman–Crippen MR) is 110 cm³/mol. The van der Waals surface area contributed by atoms with Gasteiger partial charge in [0, 0.05) is 27.7 Å². The summed E-state index contributed by atoms with van der Waals surface area (Å²) >= 11 is 7.24. The minimum atomic E-state index is -0.0977. The molecule has 0 aliphatic carbocycles. The number of halogens is 1. The number of carbonyl (C=O) groups is 2. The molecule has 2 aromatic rings. The van der Waals surface area contributed by atoms with E-state index in [9.17, 15) is 9.59 Å². The molecule has 2 rings (SSSR count). The SMILES string of the molecule is CC(C)(C)CC(=O)Nc1cccc(SCC(=O)Nc2ccc(Cl)cc2)c1. The molecule has 0 aliphatic rings. The first-order chi connectivity index (χ1) is 12.2. The van der Waals surface area contributed by atoms with Crippen molar-refractivity contribution in [1.29, 1.82) is 0 Å². The van der Waals surface area contributed by atoms with Crippen molar-refractivity contribution in [2.45, 2.75) is 32.1 Å². The number of amides is 2. The lowest BCUT2D eigenvalue weighted by molar-refractivity contribution is -0.118. The van der Waals surface area contributed by atoms with Crippen LogP contribution in [-0.4, -0.2) is 17.6 Å². The van der Waals surface area contributed by atoms with Crippen molar-refractivity contribution in [3.05, 3.63) is 53.6 Å². The van der Waals surface area contributed by atoms with Gasteiger partial charge in [0.15, 0.2) is 0 Å². The maximum Gasteiger partial charge on any atom is 0.234 e. The summed E-state index contributed by atoms with van der Waals surface area (Å²) in [5.41, 5.74) is 1.39. The third-order valence-corrected chi connectivity index (χ3v) is 4.55. The molecule has 6 heteroatoms. The van der Waals surface area contributed by atoms with Gasteiger partial charge in [-0.25, -0.2) is 0 Å². The molecule has 0 unspecified atom stereocenters. The largest absolute Gasteiger partial charge is 0.326 e. The fourth-order valence-electron chi connectivity index (χ4n) is 2.23. The van der Waals surface area contributed by atoms with Crippen LogP contribution in [0.15, 0.2) is 53.4 Å². The smallest absolute Gasteiger partial charge is 0.234 e. The Labute approximate surface area is 163 Å². The highest BCUT2D eigenvalue weighted by Gasteiger charge is 2.16. The minimum Gasteiger partial charge on any atom is -0.326 e. The van der Waals surface area contributed by atoms with Gasteiger partial charge >= 0.3 is 0 Å². The van der Waals surface area contributed by atoms with Crippen LogP contribution in [0.3, 0.4) is 0 Å². The molecule has 0 aromatic heterocycles. The number of hydrogen-bond donors (Lipinski definition) is 2. The van der Waals surface area contributed by atoms with Crippen LogP contribution in [0.25, 0.3) is 0 Å². The third kappa shape index (κ3) is 7.50. The zero-order valence-corrected chi connectivity index (χ0v) is 16.7. The number of rotatable bonds is 6. The van der Waals surface area contributed by atoms with Gasteiger partial charge in [-0.1, -0.05) is 38.4 Å². The Morgan fingerprint density at radius 3 is 2.27 bits per heavy atom. The molecule has 2 aromatic carbocycles. The summed E-state index contributed by atoms with van der Waals surface area (Å²) in [5.74, 6) is 0.168. The minimum absolute atomic E-state index is 0.0138. The first kappa shape index (κ1) is 20.3. The van der Waals surface area contributed by atoms with E-state index in [1.54, 1.807) is 24.3 Å². The molecule has 4 nitrogen and oxygen atoms in total. The molecule has 0 radical (unpaired) electrons. The van der Waals surface area contributed by atoms with E-state index in [-0.39, 0.29) is 23.0 Å². The summed E-state index contributed by atoms with van der Waals surface area (Å²) in [6, 6.07) is 14.5. The van der Waals surface area contributed by atoms with Crippen LogP contribution < -0.4 is 10.6 Å². The average Bonchev–Trinajstić information content (AvgIpc) is 2.54. The molecule has 0 saturated heterocycles. The maximum atomic E-state index is 12.1. The maximum absolute atomic E-state index is 12.1. The van der Waals surface area contributed by atoms with Crippen LogP contribution in [0, 0.1) is 5.41 Å². The van der Waals surface area contributed by atoms with Gasteiger partial charge in [0.1, 0.15) is 0 Å². The molecule has 0 heterocycles. The number of carbonyl (C=O) groups excluding carboxylic acids is 2. The lowest BCUT2D eigenvalue weighted by Crippen LogP contribution is -2.19. The third-order valence-electron chi connectivity index (χ3n) is 3.31. The van der Waals surface area contributed by atoms with Crippen LogP contribution in [-0.2, 0) is 9.59 Å². The Morgan fingerprint density at radius 2 is 1.62 bits per heavy atom. The van der Waals surface area contributed by atoms with Crippen molar-refractivity contribution in [3.63, 3.8) is 0 Å². The Hall–Kier alpha value is -1.98. The Kier molecular flexibility index (Phi) is 7.12. The fraction of sp³-hybridized carbons (Fsp3) is 0.300. The molecule has 0 aliphatic heterocycles. The monoisotopic (exact) mass is 390 g/mol. The van der Waals surface area contributed by atoms with Crippen LogP contribution in [0.1, 0.15) is 27.2 Å². The van der Waals surface area contributed by atoms with Crippen molar-refractivity contribution in [3.8, 4) is 0 Å². The van der Waals surface area contributed by atoms with Gasteiger partial charge in [0.2, 0.25) is 11.8 Å². The van der Waals surface area contributed by atoms with E-state index in [0.717, 1.165) is 10.6 Å². The summed E-state index contributed by atoms with van der Waals surface area (Å²) in [6.07, 6.45) is 0.452. The average molecular weight is 391 g/mol. The summed E-state index contributed by atoms with van der Waals surface area (Å²) in [5, 5.41) is 6.36. The van der Waals surface area contributed by atoms with Crippen molar-refractivity contribution in [2.24, 2.45) is 5.41 Å². The molecule has 0 atom stereocenters. The van der Waals surface area contributed by atoms with E-state index in [1.807, 2.05) is 45.0 Å². The second-order valence-electron chi connectivity index (χ2n) is 7.16. The van der Waals surface area contributed by atoms with Gasteiger partial charge in [-0.2, -0.15) is 0 Å². The first-order valence-electron chi connectivity index (χ1n) is 8.29. The Balaban J connectivity index is 1.86. The lowest BCUT2D eigenvalue weighted by Gasteiger charge is -2.17. The second-order valence-corrected chi connectivity index (χ2v) is 8.64. The number of nitrogens with one attached hydrogen (secondary N) is 2. The second kappa shape index (κ2) is 9.10. The molecule has 0 saturated carbocycles. The molecular weight excluding hydrogens is 368 g/mol. The lowest BCUT2D eigenvalue weighted by atomic mass is 9.92. The van der Waals surface area contributed by atoms with Crippen molar-refractivity contribution in [1.82, 2.24) is 0 Å². The molecule has 2 N–H and O–H groups in total. The molecule has 138 valence electrons. The van der Waals surface area contributed by atoms with E-state index >= 15 is 0 Å². The Bertz CT molecular complexity index is 770. The van der Waals surface area contributed by atoms with Gasteiger partial charge in [-0.15, -0.1) is 11.8 Å². The highest BCUT2D eigenvalue weighted by Crippen LogP contribution is 2.24. The van der Waals surface area contributed by atoms with E-state index in [0.29, 0.717) is 17.1 Å². The van der Waals surface area contributed by atoms with Crippen molar-refractivity contribution < 1.29 is 9.59 Å². The van der Waals surface area contributed by atoms with Crippen LogP contribution >= 0.6 is 23.4 Å². The summed E-state index contributed by atoms with van der Waals surface area (Å²) < 4.78 is 0. The Morgan fingerprint density at radius 1 is 0.962 bits per heavy atom. The molecular formula is C20H23ClN2O2S. The van der Waals surface area contributed by atoms with Gasteiger partial charge in [-0.05, 0) is 47.9 Å². The van der Waals surface area contributed by atoms with E-state index in [4.69, 9.17) is 11.6 Å². The standard InChI is InChI=1S/C20H23ClN2O2S/c1-20(2,3)12-18(24)23-16-5-4-6-17(11-16)26-13-19(25)22-15-9-7-14(21)8-10-15/h4-11H,12-13H2,1-3H3,(H,22,25)(H,23,24). The number of benzene rings is 2. The topological polar surface area (TPSA) is 58.2 Å². The van der Waals surface area contributed by atoms with E-state index in [2.05, 4.69) is 10.6 Å². The number of anilines is 2. The van der Waals surface area contributed by atoms with Gasteiger partial charge in [0.05, 0.1) is 5.75 Å². The predicted octanol–water partition coefficient (Wildman–Crippen LogP) is 5.45. The van der Waals surface area contributed by atoms with E-state index < -0.39 is 0 Å². The quantitative estimate of drug-likeness (QED) is 0.645. The van der Waals surface area contributed by atoms with Gasteiger partial charge < -0.3 is 10.6 Å². The van der Waals surface area contributed by atoms with Gasteiger partial charge in [0.25, 0.3) is 0 Å². The summed E-state index contributed by atoms with van der Waals surface area (Å²) in [6.45, 7) is 6.08. The fourth-order valence-corrected chi connectivity index (χ4v) is 3.11. The zero-order chi connectivity index (χ0) is 19.2. The van der Waals surface area contributed by atoms with Crippen LogP contribution in [0.5, 0.6) is 0 Å². The highest BCUT2D eigenvalue weighted by molar-refractivity contribution is 8.00.